The summed E-state index contributed by atoms with van der Waals surface area (Å²) in [6, 6.07) is 1.95. The topological polar surface area (TPSA) is 70.8 Å². The molecule has 0 N–H and O–H groups in total. The van der Waals surface area contributed by atoms with E-state index in [4.69, 9.17) is 5.26 Å². The van der Waals surface area contributed by atoms with Gasteiger partial charge in [0.15, 0.2) is 9.84 Å². The van der Waals surface area contributed by atoms with Crippen LogP contribution in [-0.4, -0.2) is 19.2 Å². The number of sulfone groups is 1. The normalized spacial score (nSPS) is 15.7. The minimum atomic E-state index is -3.11. The molecule has 1 aromatic rings. The third kappa shape index (κ3) is 3.79. The fourth-order valence-corrected chi connectivity index (χ4v) is 4.00. The number of hydrogen-bond donors (Lipinski definition) is 0. The van der Waals surface area contributed by atoms with Crippen molar-refractivity contribution in [3.63, 3.8) is 0 Å². The van der Waals surface area contributed by atoms with E-state index in [-0.39, 0.29) is 11.5 Å². The van der Waals surface area contributed by atoms with E-state index in [2.05, 4.69) is 4.98 Å². The van der Waals surface area contributed by atoms with Crippen molar-refractivity contribution in [2.75, 3.05) is 5.75 Å². The Morgan fingerprint density at radius 1 is 1.53 bits per heavy atom. The molecule has 1 fully saturated rings. The van der Waals surface area contributed by atoms with Gasteiger partial charge in [-0.05, 0) is 19.3 Å². The van der Waals surface area contributed by atoms with Crippen LogP contribution in [0.25, 0.3) is 0 Å². The monoisotopic (exact) mass is 270 g/mol. The van der Waals surface area contributed by atoms with Crippen LogP contribution in [0.1, 0.15) is 42.3 Å². The Bertz CT molecular complexity index is 524. The SMILES string of the molecule is N#CCCCS(=O)(=O)Cc1csc(C2CC2)n1. The molecule has 0 saturated heterocycles. The highest BCUT2D eigenvalue weighted by Crippen LogP contribution is 2.41. The number of thiazole rings is 1. The largest absolute Gasteiger partial charge is 0.245 e. The van der Waals surface area contributed by atoms with Gasteiger partial charge in [0, 0.05) is 17.7 Å². The molecule has 0 atom stereocenters. The van der Waals surface area contributed by atoms with E-state index >= 15 is 0 Å². The summed E-state index contributed by atoms with van der Waals surface area (Å²) in [5.74, 6) is 0.674. The summed E-state index contributed by atoms with van der Waals surface area (Å²) >= 11 is 1.56. The van der Waals surface area contributed by atoms with Gasteiger partial charge in [0.05, 0.1) is 28.3 Å². The number of aromatic nitrogens is 1. The molecule has 1 aliphatic rings. The maximum absolute atomic E-state index is 11.7. The highest BCUT2D eigenvalue weighted by atomic mass is 32.2. The van der Waals surface area contributed by atoms with Crippen molar-refractivity contribution in [2.45, 2.75) is 37.4 Å². The van der Waals surface area contributed by atoms with Crippen LogP contribution in [0.5, 0.6) is 0 Å². The first-order chi connectivity index (χ1) is 8.11. The maximum Gasteiger partial charge on any atom is 0.156 e. The molecule has 0 bridgehead atoms. The zero-order valence-corrected chi connectivity index (χ0v) is 11.1. The number of unbranched alkanes of at least 4 members (excludes halogenated alkanes) is 1. The Kier molecular flexibility index (Phi) is 3.79. The Morgan fingerprint density at radius 2 is 2.29 bits per heavy atom. The number of nitrogens with zero attached hydrogens (tertiary/aromatic N) is 2. The van der Waals surface area contributed by atoms with Crippen LogP contribution < -0.4 is 0 Å². The van der Waals surface area contributed by atoms with Gasteiger partial charge in [-0.15, -0.1) is 11.3 Å². The van der Waals surface area contributed by atoms with E-state index in [0.29, 0.717) is 24.5 Å². The molecule has 17 heavy (non-hydrogen) atoms. The van der Waals surface area contributed by atoms with Crippen molar-refractivity contribution in [1.82, 2.24) is 4.98 Å². The van der Waals surface area contributed by atoms with Crippen LogP contribution in [0, 0.1) is 11.3 Å². The highest BCUT2D eigenvalue weighted by molar-refractivity contribution is 7.90. The third-order valence-corrected chi connectivity index (χ3v) is 5.31. The van der Waals surface area contributed by atoms with Gasteiger partial charge >= 0.3 is 0 Å². The van der Waals surface area contributed by atoms with E-state index in [1.165, 1.54) is 12.8 Å². The predicted octanol–water partition coefficient (Wildman–Crippen LogP) is 2.24. The van der Waals surface area contributed by atoms with E-state index in [1.54, 1.807) is 11.3 Å². The standard InChI is InChI=1S/C11H14N2O2S2/c12-5-1-2-6-17(14,15)8-10-7-16-11(13-10)9-3-4-9/h7,9H,1-4,6,8H2. The van der Waals surface area contributed by atoms with Gasteiger partial charge in [0.1, 0.15) is 0 Å². The van der Waals surface area contributed by atoms with Gasteiger partial charge in [-0.2, -0.15) is 5.26 Å². The summed E-state index contributed by atoms with van der Waals surface area (Å²) in [5.41, 5.74) is 0.661. The summed E-state index contributed by atoms with van der Waals surface area (Å²) in [5, 5.41) is 11.3. The van der Waals surface area contributed by atoms with Gasteiger partial charge in [-0.3, -0.25) is 0 Å². The molecular formula is C11H14N2O2S2. The lowest BCUT2D eigenvalue weighted by atomic mass is 10.4. The summed E-state index contributed by atoms with van der Waals surface area (Å²) in [6.45, 7) is 0. The van der Waals surface area contributed by atoms with Crippen LogP contribution in [-0.2, 0) is 15.6 Å². The van der Waals surface area contributed by atoms with Crippen molar-refractivity contribution in [3.8, 4) is 6.07 Å². The van der Waals surface area contributed by atoms with Crippen LogP contribution in [0.15, 0.2) is 5.38 Å². The second kappa shape index (κ2) is 5.15. The van der Waals surface area contributed by atoms with Gasteiger partial charge in [0.25, 0.3) is 0 Å². The molecule has 6 heteroatoms. The highest BCUT2D eigenvalue weighted by Gasteiger charge is 2.27. The molecule has 0 radical (unpaired) electrons. The van der Waals surface area contributed by atoms with E-state index in [0.717, 1.165) is 5.01 Å². The van der Waals surface area contributed by atoms with Gasteiger partial charge < -0.3 is 0 Å². The molecule has 92 valence electrons. The molecule has 2 rings (SSSR count). The lowest BCUT2D eigenvalue weighted by Crippen LogP contribution is -2.09. The minimum Gasteiger partial charge on any atom is -0.245 e. The molecule has 1 aromatic heterocycles. The maximum atomic E-state index is 11.7. The van der Waals surface area contributed by atoms with Crippen LogP contribution in [0.3, 0.4) is 0 Å². The smallest absolute Gasteiger partial charge is 0.156 e. The second-order valence-electron chi connectivity index (χ2n) is 4.31. The van der Waals surface area contributed by atoms with E-state index in [9.17, 15) is 8.42 Å². The Balaban J connectivity index is 1.92. The molecule has 0 aromatic carbocycles. The van der Waals surface area contributed by atoms with E-state index in [1.807, 2.05) is 11.4 Å². The predicted molar refractivity (Wildman–Crippen MR) is 66.4 cm³/mol. The molecule has 0 spiro atoms. The number of rotatable bonds is 6. The average molecular weight is 270 g/mol. The lowest BCUT2D eigenvalue weighted by Gasteiger charge is -1.99. The van der Waals surface area contributed by atoms with E-state index < -0.39 is 9.84 Å². The van der Waals surface area contributed by atoms with Crippen LogP contribution in [0.2, 0.25) is 0 Å². The van der Waals surface area contributed by atoms with Crippen molar-refractivity contribution in [3.05, 3.63) is 16.1 Å². The fourth-order valence-electron chi connectivity index (χ4n) is 1.58. The fraction of sp³-hybridized carbons (Fsp3) is 0.636. The number of hydrogen-bond acceptors (Lipinski definition) is 5. The zero-order valence-electron chi connectivity index (χ0n) is 9.42. The Labute approximate surface area is 105 Å². The zero-order chi connectivity index (χ0) is 12.3. The van der Waals surface area contributed by atoms with Gasteiger partial charge in [-0.1, -0.05) is 0 Å². The first-order valence-corrected chi connectivity index (χ1v) is 8.32. The lowest BCUT2D eigenvalue weighted by molar-refractivity contribution is 0.592. The molecule has 0 amide bonds. The Morgan fingerprint density at radius 3 is 2.94 bits per heavy atom. The molecule has 4 nitrogen and oxygen atoms in total. The summed E-state index contributed by atoms with van der Waals surface area (Å²) in [7, 11) is -3.11. The van der Waals surface area contributed by atoms with Crippen molar-refractivity contribution >= 4 is 21.2 Å². The molecule has 0 aliphatic heterocycles. The quantitative estimate of drug-likeness (QED) is 0.743. The first kappa shape index (κ1) is 12.5. The first-order valence-electron chi connectivity index (χ1n) is 5.62. The summed E-state index contributed by atoms with van der Waals surface area (Å²) in [6.07, 6.45) is 3.08. The molecule has 1 heterocycles. The average Bonchev–Trinajstić information content (AvgIpc) is 3.01. The van der Waals surface area contributed by atoms with Gasteiger partial charge in [0.2, 0.25) is 0 Å². The van der Waals surface area contributed by atoms with Crippen LogP contribution >= 0.6 is 11.3 Å². The van der Waals surface area contributed by atoms with Crippen molar-refractivity contribution < 1.29 is 8.42 Å². The van der Waals surface area contributed by atoms with Crippen molar-refractivity contribution in [2.24, 2.45) is 0 Å². The summed E-state index contributed by atoms with van der Waals surface area (Å²) in [4.78, 5) is 4.36. The number of nitriles is 1. The second-order valence-corrected chi connectivity index (χ2v) is 7.38. The molecular weight excluding hydrogens is 256 g/mol. The summed E-state index contributed by atoms with van der Waals surface area (Å²) < 4.78 is 23.4. The molecule has 1 aliphatic carbocycles. The molecule has 1 saturated carbocycles. The van der Waals surface area contributed by atoms with Crippen molar-refractivity contribution in [1.29, 1.82) is 5.26 Å². The minimum absolute atomic E-state index is 0.0155. The van der Waals surface area contributed by atoms with Gasteiger partial charge in [-0.25, -0.2) is 13.4 Å². The Hall–Kier alpha value is -0.930. The molecule has 0 unspecified atom stereocenters. The van der Waals surface area contributed by atoms with Crippen LogP contribution in [0.4, 0.5) is 0 Å². The third-order valence-electron chi connectivity index (χ3n) is 2.61.